The molecule has 3 heteroatoms. The number of aryl methyl sites for hydroxylation is 1. The summed E-state index contributed by atoms with van der Waals surface area (Å²) in [6.07, 6.45) is 0. The first-order chi connectivity index (χ1) is 9.58. The Bertz CT molecular complexity index is 644. The first-order valence-electron chi connectivity index (χ1n) is 6.51. The van der Waals surface area contributed by atoms with Gasteiger partial charge in [-0.05, 0) is 54.9 Å². The van der Waals surface area contributed by atoms with Crippen LogP contribution in [0.4, 0.5) is 4.39 Å². The van der Waals surface area contributed by atoms with Crippen LogP contribution in [0.25, 0.3) is 0 Å². The molecular formula is C17H17FN2. The Balaban J connectivity index is 2.07. The van der Waals surface area contributed by atoms with E-state index in [1.807, 2.05) is 32.2 Å². The molecule has 0 saturated heterocycles. The Kier molecular flexibility index (Phi) is 4.49. The Hall–Kier alpha value is -2.18. The zero-order valence-corrected chi connectivity index (χ0v) is 11.7. The quantitative estimate of drug-likeness (QED) is 0.846. The predicted molar refractivity (Wildman–Crippen MR) is 77.5 cm³/mol. The summed E-state index contributed by atoms with van der Waals surface area (Å²) in [7, 11) is 1.99. The van der Waals surface area contributed by atoms with E-state index < -0.39 is 0 Å². The van der Waals surface area contributed by atoms with Gasteiger partial charge < -0.3 is 0 Å². The molecule has 0 fully saturated rings. The predicted octanol–water partition coefficient (Wildman–Crippen LogP) is 3.64. The molecule has 0 radical (unpaired) electrons. The van der Waals surface area contributed by atoms with Crippen molar-refractivity contribution in [3.8, 4) is 6.07 Å². The van der Waals surface area contributed by atoms with Crippen molar-refractivity contribution in [2.75, 3.05) is 7.05 Å². The van der Waals surface area contributed by atoms with E-state index in [2.05, 4.69) is 11.0 Å². The van der Waals surface area contributed by atoms with E-state index in [4.69, 9.17) is 5.26 Å². The second kappa shape index (κ2) is 6.31. The normalized spacial score (nSPS) is 10.6. The molecule has 0 spiro atoms. The Morgan fingerprint density at radius 1 is 1.15 bits per heavy atom. The molecule has 0 aromatic heterocycles. The number of hydrogen-bond acceptors (Lipinski definition) is 2. The Morgan fingerprint density at radius 2 is 1.95 bits per heavy atom. The SMILES string of the molecule is Cc1ccc(F)cc1CN(C)Cc1cccc(C#N)c1. The second-order valence-corrected chi connectivity index (χ2v) is 5.06. The van der Waals surface area contributed by atoms with Crippen molar-refractivity contribution in [1.29, 1.82) is 5.26 Å². The van der Waals surface area contributed by atoms with Gasteiger partial charge in [-0.1, -0.05) is 18.2 Å². The van der Waals surface area contributed by atoms with Crippen LogP contribution in [0.3, 0.4) is 0 Å². The van der Waals surface area contributed by atoms with E-state index in [-0.39, 0.29) is 5.82 Å². The Labute approximate surface area is 119 Å². The molecule has 102 valence electrons. The number of rotatable bonds is 4. The summed E-state index contributed by atoms with van der Waals surface area (Å²) in [5, 5.41) is 8.89. The van der Waals surface area contributed by atoms with E-state index in [0.717, 1.165) is 23.2 Å². The van der Waals surface area contributed by atoms with Gasteiger partial charge in [-0.15, -0.1) is 0 Å². The highest BCUT2D eigenvalue weighted by molar-refractivity contribution is 5.33. The number of hydrogen-bond donors (Lipinski definition) is 0. The van der Waals surface area contributed by atoms with Crippen molar-refractivity contribution >= 4 is 0 Å². The van der Waals surface area contributed by atoms with Crippen molar-refractivity contribution < 1.29 is 4.39 Å². The molecule has 0 bridgehead atoms. The third kappa shape index (κ3) is 3.66. The van der Waals surface area contributed by atoms with Crippen molar-refractivity contribution in [3.63, 3.8) is 0 Å². The number of benzene rings is 2. The maximum Gasteiger partial charge on any atom is 0.123 e. The summed E-state index contributed by atoms with van der Waals surface area (Å²) >= 11 is 0. The summed E-state index contributed by atoms with van der Waals surface area (Å²) < 4.78 is 13.3. The average Bonchev–Trinajstić information content (AvgIpc) is 2.43. The van der Waals surface area contributed by atoms with E-state index in [1.54, 1.807) is 18.2 Å². The summed E-state index contributed by atoms with van der Waals surface area (Å²) in [5.74, 6) is -0.203. The molecule has 0 heterocycles. The molecule has 0 atom stereocenters. The lowest BCUT2D eigenvalue weighted by atomic mass is 10.1. The van der Waals surface area contributed by atoms with Crippen LogP contribution in [0.15, 0.2) is 42.5 Å². The largest absolute Gasteiger partial charge is 0.298 e. The monoisotopic (exact) mass is 268 g/mol. The van der Waals surface area contributed by atoms with Crippen LogP contribution in [0.2, 0.25) is 0 Å². The third-order valence-corrected chi connectivity index (χ3v) is 3.26. The lowest BCUT2D eigenvalue weighted by Crippen LogP contribution is -2.18. The minimum Gasteiger partial charge on any atom is -0.298 e. The molecular weight excluding hydrogens is 251 g/mol. The van der Waals surface area contributed by atoms with Crippen molar-refractivity contribution in [1.82, 2.24) is 4.90 Å². The van der Waals surface area contributed by atoms with E-state index >= 15 is 0 Å². The van der Waals surface area contributed by atoms with Gasteiger partial charge in [0.2, 0.25) is 0 Å². The fraction of sp³-hybridized carbons (Fsp3) is 0.235. The lowest BCUT2D eigenvalue weighted by Gasteiger charge is -2.18. The maximum atomic E-state index is 13.3. The second-order valence-electron chi connectivity index (χ2n) is 5.06. The zero-order valence-electron chi connectivity index (χ0n) is 11.7. The maximum absolute atomic E-state index is 13.3. The molecule has 0 aliphatic rings. The van der Waals surface area contributed by atoms with E-state index in [9.17, 15) is 4.39 Å². The third-order valence-electron chi connectivity index (χ3n) is 3.26. The van der Waals surface area contributed by atoms with Gasteiger partial charge in [-0.2, -0.15) is 5.26 Å². The van der Waals surface area contributed by atoms with Gasteiger partial charge in [0.1, 0.15) is 5.82 Å². The van der Waals surface area contributed by atoms with Gasteiger partial charge in [-0.3, -0.25) is 4.90 Å². The minimum absolute atomic E-state index is 0.203. The zero-order chi connectivity index (χ0) is 14.5. The van der Waals surface area contributed by atoms with Crippen LogP contribution in [0.5, 0.6) is 0 Å². The molecule has 0 aliphatic carbocycles. The molecule has 0 N–H and O–H groups in total. The fourth-order valence-electron chi connectivity index (χ4n) is 2.21. The summed E-state index contributed by atoms with van der Waals surface area (Å²) in [6.45, 7) is 3.39. The van der Waals surface area contributed by atoms with Gasteiger partial charge in [-0.25, -0.2) is 4.39 Å². The van der Waals surface area contributed by atoms with Gasteiger partial charge in [0, 0.05) is 13.1 Å². The van der Waals surface area contributed by atoms with Crippen molar-refractivity contribution in [2.45, 2.75) is 20.0 Å². The molecule has 2 rings (SSSR count). The molecule has 2 aromatic carbocycles. The first kappa shape index (κ1) is 14.2. The molecule has 2 aromatic rings. The number of nitriles is 1. The van der Waals surface area contributed by atoms with Crippen molar-refractivity contribution in [2.24, 2.45) is 0 Å². The lowest BCUT2D eigenvalue weighted by molar-refractivity contribution is 0.318. The van der Waals surface area contributed by atoms with E-state index in [0.29, 0.717) is 12.1 Å². The molecule has 2 nitrogen and oxygen atoms in total. The smallest absolute Gasteiger partial charge is 0.123 e. The van der Waals surface area contributed by atoms with Crippen LogP contribution < -0.4 is 0 Å². The Morgan fingerprint density at radius 3 is 2.70 bits per heavy atom. The van der Waals surface area contributed by atoms with Crippen LogP contribution >= 0.6 is 0 Å². The highest BCUT2D eigenvalue weighted by atomic mass is 19.1. The standard InChI is InChI=1S/C17H17FN2/c1-13-6-7-17(18)9-16(13)12-20(2)11-15-5-3-4-14(8-15)10-19/h3-9H,11-12H2,1-2H3. The summed E-state index contributed by atoms with van der Waals surface area (Å²) in [4.78, 5) is 2.11. The van der Waals surface area contributed by atoms with Crippen LogP contribution in [-0.4, -0.2) is 11.9 Å². The van der Waals surface area contributed by atoms with Gasteiger partial charge in [0.05, 0.1) is 11.6 Å². The van der Waals surface area contributed by atoms with Crippen LogP contribution in [-0.2, 0) is 13.1 Å². The topological polar surface area (TPSA) is 27.0 Å². The number of halogens is 1. The molecule has 0 aliphatic heterocycles. The van der Waals surface area contributed by atoms with Crippen molar-refractivity contribution in [3.05, 3.63) is 70.5 Å². The molecule has 0 unspecified atom stereocenters. The van der Waals surface area contributed by atoms with Crippen LogP contribution in [0, 0.1) is 24.1 Å². The molecule has 0 amide bonds. The summed E-state index contributed by atoms with van der Waals surface area (Å²) in [5.41, 5.74) is 3.83. The fourth-order valence-corrected chi connectivity index (χ4v) is 2.21. The molecule has 20 heavy (non-hydrogen) atoms. The minimum atomic E-state index is -0.203. The van der Waals surface area contributed by atoms with Gasteiger partial charge >= 0.3 is 0 Å². The number of nitrogens with zero attached hydrogens (tertiary/aromatic N) is 2. The van der Waals surface area contributed by atoms with Gasteiger partial charge in [0.25, 0.3) is 0 Å². The molecule has 0 saturated carbocycles. The highest BCUT2D eigenvalue weighted by Gasteiger charge is 2.06. The summed E-state index contributed by atoms with van der Waals surface area (Å²) in [6, 6.07) is 14.6. The highest BCUT2D eigenvalue weighted by Crippen LogP contribution is 2.14. The van der Waals surface area contributed by atoms with Crippen LogP contribution in [0.1, 0.15) is 22.3 Å². The average molecular weight is 268 g/mol. The van der Waals surface area contributed by atoms with E-state index in [1.165, 1.54) is 6.07 Å². The first-order valence-corrected chi connectivity index (χ1v) is 6.51. The van der Waals surface area contributed by atoms with Gasteiger partial charge in [0.15, 0.2) is 0 Å².